The van der Waals surface area contributed by atoms with Gasteiger partial charge in [-0.15, -0.1) is 0 Å². The average Bonchev–Trinajstić information content (AvgIpc) is 2.42. The molecule has 18 heavy (non-hydrogen) atoms. The SMILES string of the molecule is C=CC(=O)OCCCCCCNc1ccccc1. The number of hydrogen-bond acceptors (Lipinski definition) is 3. The molecular weight excluding hydrogens is 226 g/mol. The zero-order valence-corrected chi connectivity index (χ0v) is 10.7. The Morgan fingerprint density at radius 2 is 1.89 bits per heavy atom. The van der Waals surface area contributed by atoms with Crippen LogP contribution >= 0.6 is 0 Å². The van der Waals surface area contributed by atoms with Crippen LogP contribution in [0.15, 0.2) is 43.0 Å². The van der Waals surface area contributed by atoms with Crippen molar-refractivity contribution in [1.29, 1.82) is 0 Å². The normalized spacial score (nSPS) is 9.78. The monoisotopic (exact) mass is 247 g/mol. The molecule has 3 heteroatoms. The van der Waals surface area contributed by atoms with Gasteiger partial charge in [-0.3, -0.25) is 0 Å². The van der Waals surface area contributed by atoms with Crippen LogP contribution in [0.4, 0.5) is 5.69 Å². The highest BCUT2D eigenvalue weighted by Crippen LogP contribution is 2.06. The van der Waals surface area contributed by atoms with Gasteiger partial charge in [-0.05, 0) is 31.4 Å². The molecule has 0 aliphatic carbocycles. The summed E-state index contributed by atoms with van der Waals surface area (Å²) in [6, 6.07) is 10.2. The van der Waals surface area contributed by atoms with Crippen molar-refractivity contribution in [3.8, 4) is 0 Å². The first kappa shape index (κ1) is 14.3. The molecule has 1 aromatic carbocycles. The summed E-state index contributed by atoms with van der Waals surface area (Å²) >= 11 is 0. The molecule has 0 fully saturated rings. The van der Waals surface area contributed by atoms with Crippen LogP contribution in [-0.4, -0.2) is 19.1 Å². The lowest BCUT2D eigenvalue weighted by Gasteiger charge is -2.06. The molecule has 3 nitrogen and oxygen atoms in total. The van der Waals surface area contributed by atoms with Crippen LogP contribution < -0.4 is 5.32 Å². The van der Waals surface area contributed by atoms with Crippen molar-refractivity contribution in [3.05, 3.63) is 43.0 Å². The summed E-state index contributed by atoms with van der Waals surface area (Å²) in [7, 11) is 0. The van der Waals surface area contributed by atoms with Crippen molar-refractivity contribution in [2.45, 2.75) is 25.7 Å². The Bertz CT molecular complexity index is 349. The molecule has 0 saturated heterocycles. The Morgan fingerprint density at radius 1 is 1.17 bits per heavy atom. The van der Waals surface area contributed by atoms with E-state index in [1.54, 1.807) is 0 Å². The van der Waals surface area contributed by atoms with Gasteiger partial charge in [0.15, 0.2) is 0 Å². The first-order chi connectivity index (χ1) is 8.83. The van der Waals surface area contributed by atoms with Crippen molar-refractivity contribution in [2.24, 2.45) is 0 Å². The Hall–Kier alpha value is -1.77. The predicted octanol–water partition coefficient (Wildman–Crippen LogP) is 3.39. The molecule has 0 radical (unpaired) electrons. The van der Waals surface area contributed by atoms with E-state index in [-0.39, 0.29) is 5.97 Å². The van der Waals surface area contributed by atoms with Crippen LogP contribution in [0, 0.1) is 0 Å². The van der Waals surface area contributed by atoms with Gasteiger partial charge in [0.25, 0.3) is 0 Å². The molecule has 0 unspecified atom stereocenters. The fraction of sp³-hybridized carbons (Fsp3) is 0.400. The molecule has 0 aromatic heterocycles. The second-order valence-corrected chi connectivity index (χ2v) is 4.08. The van der Waals surface area contributed by atoms with Crippen molar-refractivity contribution in [3.63, 3.8) is 0 Å². The number of carbonyl (C=O) groups excluding carboxylic acids is 1. The molecule has 98 valence electrons. The Morgan fingerprint density at radius 3 is 2.61 bits per heavy atom. The summed E-state index contributed by atoms with van der Waals surface area (Å²) in [5.74, 6) is -0.333. The van der Waals surface area contributed by atoms with E-state index in [1.165, 1.54) is 6.08 Å². The third kappa shape index (κ3) is 6.74. The van der Waals surface area contributed by atoms with Gasteiger partial charge < -0.3 is 10.1 Å². The lowest BCUT2D eigenvalue weighted by Crippen LogP contribution is -2.03. The Labute approximate surface area is 109 Å². The summed E-state index contributed by atoms with van der Waals surface area (Å²) in [4.78, 5) is 10.8. The highest BCUT2D eigenvalue weighted by Gasteiger charge is 1.95. The van der Waals surface area contributed by atoms with E-state index in [9.17, 15) is 4.79 Å². The van der Waals surface area contributed by atoms with E-state index in [0.29, 0.717) is 6.61 Å². The van der Waals surface area contributed by atoms with E-state index < -0.39 is 0 Å². The number of ether oxygens (including phenoxy) is 1. The number of anilines is 1. The molecule has 0 atom stereocenters. The van der Waals surface area contributed by atoms with Crippen LogP contribution in [0.25, 0.3) is 0 Å². The van der Waals surface area contributed by atoms with Gasteiger partial charge in [-0.25, -0.2) is 4.79 Å². The summed E-state index contributed by atoms with van der Waals surface area (Å²) in [5.41, 5.74) is 1.16. The molecule has 1 aromatic rings. The molecule has 0 bridgehead atoms. The molecule has 0 heterocycles. The van der Waals surface area contributed by atoms with Gasteiger partial charge >= 0.3 is 5.97 Å². The largest absolute Gasteiger partial charge is 0.463 e. The Balaban J connectivity index is 1.90. The highest BCUT2D eigenvalue weighted by molar-refractivity contribution is 5.81. The number of nitrogens with one attached hydrogen (secondary N) is 1. The second kappa shape index (κ2) is 9.28. The number of benzene rings is 1. The lowest BCUT2D eigenvalue weighted by atomic mass is 10.2. The van der Waals surface area contributed by atoms with Crippen molar-refractivity contribution in [2.75, 3.05) is 18.5 Å². The zero-order valence-electron chi connectivity index (χ0n) is 10.7. The smallest absolute Gasteiger partial charge is 0.330 e. The highest BCUT2D eigenvalue weighted by atomic mass is 16.5. The number of hydrogen-bond donors (Lipinski definition) is 1. The molecule has 0 aliphatic heterocycles. The quantitative estimate of drug-likeness (QED) is 0.413. The van der Waals surface area contributed by atoms with Gasteiger partial charge in [0.2, 0.25) is 0 Å². The maximum Gasteiger partial charge on any atom is 0.330 e. The number of esters is 1. The van der Waals surface area contributed by atoms with E-state index in [4.69, 9.17) is 4.74 Å². The molecule has 0 aliphatic rings. The van der Waals surface area contributed by atoms with E-state index >= 15 is 0 Å². The lowest BCUT2D eigenvalue weighted by molar-refractivity contribution is -0.137. The van der Waals surface area contributed by atoms with Crippen LogP contribution in [-0.2, 0) is 9.53 Å². The van der Waals surface area contributed by atoms with E-state index in [0.717, 1.165) is 37.9 Å². The van der Waals surface area contributed by atoms with Crippen LogP contribution in [0.5, 0.6) is 0 Å². The topological polar surface area (TPSA) is 38.3 Å². The van der Waals surface area contributed by atoms with Gasteiger partial charge in [0.05, 0.1) is 6.61 Å². The molecule has 0 amide bonds. The van der Waals surface area contributed by atoms with Gasteiger partial charge in [-0.1, -0.05) is 31.2 Å². The number of rotatable bonds is 9. The molecule has 0 saturated carbocycles. The van der Waals surface area contributed by atoms with Crippen molar-refractivity contribution in [1.82, 2.24) is 0 Å². The van der Waals surface area contributed by atoms with Gasteiger partial charge in [-0.2, -0.15) is 0 Å². The zero-order chi connectivity index (χ0) is 13.1. The minimum absolute atomic E-state index is 0.333. The van der Waals surface area contributed by atoms with Crippen LogP contribution in [0.1, 0.15) is 25.7 Å². The van der Waals surface area contributed by atoms with Crippen LogP contribution in [0.2, 0.25) is 0 Å². The van der Waals surface area contributed by atoms with Gasteiger partial charge in [0, 0.05) is 18.3 Å². The molecular formula is C15H21NO2. The summed E-state index contributed by atoms with van der Waals surface area (Å²) in [6.07, 6.45) is 5.48. The maximum atomic E-state index is 10.8. The van der Waals surface area contributed by atoms with E-state index in [2.05, 4.69) is 24.0 Å². The average molecular weight is 247 g/mol. The minimum atomic E-state index is -0.333. The van der Waals surface area contributed by atoms with E-state index in [1.807, 2.05) is 18.2 Å². The Kier molecular flexibility index (Phi) is 7.37. The summed E-state index contributed by atoms with van der Waals surface area (Å²) < 4.78 is 4.89. The minimum Gasteiger partial charge on any atom is -0.463 e. The second-order valence-electron chi connectivity index (χ2n) is 4.08. The third-order valence-corrected chi connectivity index (χ3v) is 2.59. The number of carbonyl (C=O) groups is 1. The third-order valence-electron chi connectivity index (χ3n) is 2.59. The summed E-state index contributed by atoms with van der Waals surface area (Å²) in [6.45, 7) is 4.83. The fourth-order valence-electron chi connectivity index (χ4n) is 1.60. The van der Waals surface area contributed by atoms with Gasteiger partial charge in [0.1, 0.15) is 0 Å². The first-order valence-corrected chi connectivity index (χ1v) is 6.41. The molecule has 1 rings (SSSR count). The number of unbranched alkanes of at least 4 members (excludes halogenated alkanes) is 3. The fourth-order valence-corrected chi connectivity index (χ4v) is 1.60. The van der Waals surface area contributed by atoms with Crippen molar-refractivity contribution < 1.29 is 9.53 Å². The van der Waals surface area contributed by atoms with Crippen LogP contribution in [0.3, 0.4) is 0 Å². The van der Waals surface area contributed by atoms with Crippen molar-refractivity contribution >= 4 is 11.7 Å². The standard InChI is InChI=1S/C15H21NO2/c1-2-15(17)18-13-9-4-3-8-12-16-14-10-6-5-7-11-14/h2,5-7,10-11,16H,1,3-4,8-9,12-13H2. The number of para-hydroxylation sites is 1. The molecule has 0 spiro atoms. The summed E-state index contributed by atoms with van der Waals surface area (Å²) in [5, 5.41) is 3.36. The molecule has 1 N–H and O–H groups in total. The maximum absolute atomic E-state index is 10.8. The predicted molar refractivity (Wildman–Crippen MR) is 74.6 cm³/mol. The first-order valence-electron chi connectivity index (χ1n) is 6.41.